The number of carbonyl (C=O) groups is 1. The quantitative estimate of drug-likeness (QED) is 0.584. The summed E-state index contributed by atoms with van der Waals surface area (Å²) in [6.45, 7) is 1.74. The number of rotatable bonds is 4. The summed E-state index contributed by atoms with van der Waals surface area (Å²) in [7, 11) is 0. The molecule has 2 N–H and O–H groups in total. The predicted molar refractivity (Wildman–Crippen MR) is 96.3 cm³/mol. The number of nitrogens with zero attached hydrogens (tertiary/aromatic N) is 4. The maximum Gasteiger partial charge on any atom is 0.275 e. The molecule has 0 fully saturated rings. The van der Waals surface area contributed by atoms with Gasteiger partial charge in [-0.05, 0) is 25.1 Å². The predicted octanol–water partition coefficient (Wildman–Crippen LogP) is 3.32. The molecule has 8 heteroatoms. The number of para-hydroxylation sites is 1. The Hall–Kier alpha value is -3.81. The first-order valence-electron chi connectivity index (χ1n) is 7.87. The van der Waals surface area contributed by atoms with Gasteiger partial charge in [0.15, 0.2) is 5.82 Å². The SMILES string of the molecule is Cc1cc(NC(=O)c2ccnc(Nc3cccc4cccnc34)n2)no1. The number of fused-ring (bicyclic) bond motifs is 1. The Balaban J connectivity index is 1.58. The van der Waals surface area contributed by atoms with Crippen molar-refractivity contribution in [1.29, 1.82) is 0 Å². The first-order valence-corrected chi connectivity index (χ1v) is 7.87. The second-order valence-electron chi connectivity index (χ2n) is 5.55. The van der Waals surface area contributed by atoms with E-state index in [9.17, 15) is 4.79 Å². The standard InChI is InChI=1S/C18H14N6O2/c1-11-10-15(24-26-11)23-17(25)14-7-9-20-18(22-14)21-13-6-2-4-12-5-3-8-19-16(12)13/h2-10H,1H3,(H,20,21,22)(H,23,24,25). The van der Waals surface area contributed by atoms with Gasteiger partial charge in [-0.2, -0.15) is 0 Å². The summed E-state index contributed by atoms with van der Waals surface area (Å²) in [5.74, 6) is 0.833. The molecule has 0 spiro atoms. The van der Waals surface area contributed by atoms with Gasteiger partial charge in [0.25, 0.3) is 5.91 Å². The third kappa shape index (κ3) is 3.20. The van der Waals surface area contributed by atoms with Crippen molar-refractivity contribution >= 4 is 34.3 Å². The Morgan fingerprint density at radius 1 is 1.08 bits per heavy atom. The number of aryl methyl sites for hydroxylation is 1. The van der Waals surface area contributed by atoms with E-state index in [2.05, 4.69) is 30.7 Å². The van der Waals surface area contributed by atoms with Crippen LogP contribution in [0, 0.1) is 6.92 Å². The van der Waals surface area contributed by atoms with Crippen LogP contribution >= 0.6 is 0 Å². The number of hydrogen-bond donors (Lipinski definition) is 2. The molecule has 0 aliphatic rings. The van der Waals surface area contributed by atoms with Crippen LogP contribution in [0.2, 0.25) is 0 Å². The zero-order valence-electron chi connectivity index (χ0n) is 13.8. The Kier molecular flexibility index (Phi) is 3.98. The molecular formula is C18H14N6O2. The number of nitrogens with one attached hydrogen (secondary N) is 2. The molecule has 3 heterocycles. The average molecular weight is 346 g/mol. The number of amides is 1. The summed E-state index contributed by atoms with van der Waals surface area (Å²) in [5, 5.41) is 10.5. The third-order valence-electron chi connectivity index (χ3n) is 3.64. The van der Waals surface area contributed by atoms with Gasteiger partial charge in [-0.1, -0.05) is 23.4 Å². The fourth-order valence-corrected chi connectivity index (χ4v) is 2.48. The molecule has 0 saturated heterocycles. The van der Waals surface area contributed by atoms with Crippen LogP contribution in [-0.4, -0.2) is 26.0 Å². The van der Waals surface area contributed by atoms with Gasteiger partial charge < -0.3 is 15.2 Å². The summed E-state index contributed by atoms with van der Waals surface area (Å²) in [4.78, 5) is 25.1. The van der Waals surface area contributed by atoms with Crippen molar-refractivity contribution in [3.8, 4) is 0 Å². The van der Waals surface area contributed by atoms with Gasteiger partial charge in [-0.15, -0.1) is 0 Å². The van der Waals surface area contributed by atoms with E-state index in [1.54, 1.807) is 19.2 Å². The van der Waals surface area contributed by atoms with Crippen LogP contribution in [0.15, 0.2) is 59.4 Å². The zero-order chi connectivity index (χ0) is 17.9. The van der Waals surface area contributed by atoms with Crippen molar-refractivity contribution in [3.63, 3.8) is 0 Å². The van der Waals surface area contributed by atoms with Gasteiger partial charge in [0, 0.05) is 23.8 Å². The summed E-state index contributed by atoms with van der Waals surface area (Å²) in [6.07, 6.45) is 3.23. The molecule has 8 nitrogen and oxygen atoms in total. The van der Waals surface area contributed by atoms with E-state index < -0.39 is 5.91 Å². The molecule has 4 aromatic rings. The van der Waals surface area contributed by atoms with Crippen LogP contribution in [0.3, 0.4) is 0 Å². The lowest BCUT2D eigenvalue weighted by Crippen LogP contribution is -2.15. The van der Waals surface area contributed by atoms with Crippen molar-refractivity contribution in [1.82, 2.24) is 20.1 Å². The van der Waals surface area contributed by atoms with Crippen molar-refractivity contribution in [2.24, 2.45) is 0 Å². The highest BCUT2D eigenvalue weighted by molar-refractivity contribution is 6.02. The second-order valence-corrected chi connectivity index (χ2v) is 5.55. The van der Waals surface area contributed by atoms with Crippen LogP contribution in [0.5, 0.6) is 0 Å². The Morgan fingerprint density at radius 3 is 2.81 bits per heavy atom. The molecule has 0 aliphatic carbocycles. The maximum atomic E-state index is 12.3. The van der Waals surface area contributed by atoms with Gasteiger partial charge in [-0.3, -0.25) is 9.78 Å². The molecule has 1 amide bonds. The lowest BCUT2D eigenvalue weighted by Gasteiger charge is -2.08. The van der Waals surface area contributed by atoms with E-state index >= 15 is 0 Å². The molecule has 128 valence electrons. The van der Waals surface area contributed by atoms with Crippen molar-refractivity contribution in [3.05, 3.63) is 66.3 Å². The van der Waals surface area contributed by atoms with E-state index in [0.29, 0.717) is 17.5 Å². The molecule has 0 radical (unpaired) electrons. The first kappa shape index (κ1) is 15.7. The third-order valence-corrected chi connectivity index (χ3v) is 3.64. The van der Waals surface area contributed by atoms with Crippen LogP contribution < -0.4 is 10.6 Å². The fourth-order valence-electron chi connectivity index (χ4n) is 2.48. The van der Waals surface area contributed by atoms with Crippen LogP contribution in [0.1, 0.15) is 16.2 Å². The summed E-state index contributed by atoms with van der Waals surface area (Å²) in [6, 6.07) is 12.8. The van der Waals surface area contributed by atoms with Crippen LogP contribution in [-0.2, 0) is 0 Å². The van der Waals surface area contributed by atoms with Crippen LogP contribution in [0.4, 0.5) is 17.5 Å². The molecule has 26 heavy (non-hydrogen) atoms. The Morgan fingerprint density at radius 2 is 1.96 bits per heavy atom. The molecule has 0 aliphatic heterocycles. The lowest BCUT2D eigenvalue weighted by molar-refractivity contribution is 0.102. The molecule has 0 saturated carbocycles. The van der Waals surface area contributed by atoms with Gasteiger partial charge in [0.05, 0.1) is 11.2 Å². The smallest absolute Gasteiger partial charge is 0.275 e. The summed E-state index contributed by atoms with van der Waals surface area (Å²) >= 11 is 0. The molecule has 0 atom stereocenters. The maximum absolute atomic E-state index is 12.3. The monoisotopic (exact) mass is 346 g/mol. The van der Waals surface area contributed by atoms with E-state index in [1.807, 2.05) is 30.3 Å². The van der Waals surface area contributed by atoms with Crippen molar-refractivity contribution in [2.45, 2.75) is 6.92 Å². The number of aromatic nitrogens is 4. The van der Waals surface area contributed by atoms with Gasteiger partial charge in [-0.25, -0.2) is 9.97 Å². The molecule has 1 aromatic carbocycles. The topological polar surface area (TPSA) is 106 Å². The Bertz CT molecular complexity index is 1090. The number of hydrogen-bond acceptors (Lipinski definition) is 7. The number of pyridine rings is 1. The molecule has 3 aromatic heterocycles. The fraction of sp³-hybridized carbons (Fsp3) is 0.0556. The average Bonchev–Trinajstić information content (AvgIpc) is 3.07. The minimum absolute atomic E-state index is 0.205. The number of anilines is 3. The molecule has 4 rings (SSSR count). The zero-order valence-corrected chi connectivity index (χ0v) is 13.8. The highest BCUT2D eigenvalue weighted by Gasteiger charge is 2.12. The second kappa shape index (κ2) is 6.60. The van der Waals surface area contributed by atoms with Crippen molar-refractivity contribution < 1.29 is 9.32 Å². The number of benzene rings is 1. The van der Waals surface area contributed by atoms with Gasteiger partial charge >= 0.3 is 0 Å². The summed E-state index contributed by atoms with van der Waals surface area (Å²) in [5.41, 5.74) is 1.76. The van der Waals surface area contributed by atoms with Crippen molar-refractivity contribution in [2.75, 3.05) is 10.6 Å². The molecule has 0 unspecified atom stereocenters. The lowest BCUT2D eigenvalue weighted by atomic mass is 10.2. The minimum atomic E-state index is -0.403. The van der Waals surface area contributed by atoms with Gasteiger partial charge in [0.1, 0.15) is 11.5 Å². The molecular weight excluding hydrogens is 332 g/mol. The van der Waals surface area contributed by atoms with E-state index in [0.717, 1.165) is 16.6 Å². The first-order chi connectivity index (χ1) is 12.7. The largest absolute Gasteiger partial charge is 0.360 e. The normalized spacial score (nSPS) is 10.7. The highest BCUT2D eigenvalue weighted by atomic mass is 16.5. The van der Waals surface area contributed by atoms with Gasteiger partial charge in [0.2, 0.25) is 5.95 Å². The van der Waals surface area contributed by atoms with E-state index in [1.165, 1.54) is 12.3 Å². The highest BCUT2D eigenvalue weighted by Crippen LogP contribution is 2.23. The number of carbonyl (C=O) groups excluding carboxylic acids is 1. The van der Waals surface area contributed by atoms with E-state index in [-0.39, 0.29) is 5.69 Å². The molecule has 0 bridgehead atoms. The Labute approximate surface area is 148 Å². The van der Waals surface area contributed by atoms with Crippen LogP contribution in [0.25, 0.3) is 10.9 Å². The summed E-state index contributed by atoms with van der Waals surface area (Å²) < 4.78 is 4.93. The van der Waals surface area contributed by atoms with E-state index in [4.69, 9.17) is 4.52 Å². The minimum Gasteiger partial charge on any atom is -0.360 e.